The van der Waals surface area contributed by atoms with Gasteiger partial charge in [-0.25, -0.2) is 9.97 Å². The first-order chi connectivity index (χ1) is 12.7. The molecule has 2 fully saturated rings. The Morgan fingerprint density at radius 3 is 2.67 bits per heavy atom. The number of piperidine rings is 1. The van der Waals surface area contributed by atoms with Crippen molar-refractivity contribution in [2.24, 2.45) is 11.8 Å². The fourth-order valence-corrected chi connectivity index (χ4v) is 3.79. The lowest BCUT2D eigenvalue weighted by Crippen LogP contribution is -2.52. The molecule has 1 saturated carbocycles. The summed E-state index contributed by atoms with van der Waals surface area (Å²) < 4.78 is 5.54. The van der Waals surface area contributed by atoms with E-state index in [1.54, 1.807) is 0 Å². The maximum Gasteiger partial charge on any atom is 0.310 e. The second-order valence-electron chi connectivity index (χ2n) is 8.40. The van der Waals surface area contributed by atoms with Crippen LogP contribution in [0.2, 0.25) is 5.15 Å². The van der Waals surface area contributed by atoms with Gasteiger partial charge in [-0.2, -0.15) is 0 Å². The van der Waals surface area contributed by atoms with E-state index in [1.165, 1.54) is 12.4 Å². The van der Waals surface area contributed by atoms with Crippen molar-refractivity contribution in [2.45, 2.75) is 58.1 Å². The van der Waals surface area contributed by atoms with Crippen molar-refractivity contribution in [1.82, 2.24) is 14.9 Å². The number of likely N-dealkylation sites (tertiary alicyclic amines) is 1. The Bertz CT molecular complexity index is 700. The van der Waals surface area contributed by atoms with E-state index in [0.717, 1.165) is 38.8 Å². The molecule has 148 valence electrons. The number of halogens is 1. The maximum absolute atomic E-state index is 12.4. The van der Waals surface area contributed by atoms with Crippen molar-refractivity contribution in [3.63, 3.8) is 0 Å². The van der Waals surface area contributed by atoms with Crippen LogP contribution in [0.4, 0.5) is 5.82 Å². The van der Waals surface area contributed by atoms with Crippen molar-refractivity contribution < 1.29 is 14.3 Å². The van der Waals surface area contributed by atoms with Crippen molar-refractivity contribution in [3.8, 4) is 0 Å². The van der Waals surface area contributed by atoms with Gasteiger partial charge in [-0.05, 0) is 53.0 Å². The number of carbonyl (C=O) groups is 2. The molecule has 0 spiro atoms. The first-order valence-electron chi connectivity index (χ1n) is 9.46. The molecular formula is C19H27ClN4O3. The third-order valence-electron chi connectivity index (χ3n) is 5.08. The van der Waals surface area contributed by atoms with Crippen LogP contribution in [0.3, 0.4) is 0 Å². The predicted molar refractivity (Wildman–Crippen MR) is 102 cm³/mol. The van der Waals surface area contributed by atoms with E-state index >= 15 is 0 Å². The van der Waals surface area contributed by atoms with E-state index in [4.69, 9.17) is 16.3 Å². The van der Waals surface area contributed by atoms with Gasteiger partial charge in [0.1, 0.15) is 22.9 Å². The molecular weight excluding hydrogens is 368 g/mol. The first-order valence-corrected chi connectivity index (χ1v) is 9.84. The average molecular weight is 395 g/mol. The Kier molecular flexibility index (Phi) is 6.01. The molecule has 1 saturated heterocycles. The van der Waals surface area contributed by atoms with Crippen LogP contribution in [0, 0.1) is 11.8 Å². The van der Waals surface area contributed by atoms with Crippen molar-refractivity contribution in [1.29, 1.82) is 0 Å². The van der Waals surface area contributed by atoms with Crippen molar-refractivity contribution in [3.05, 3.63) is 17.5 Å². The number of nitrogens with one attached hydrogen (secondary N) is 1. The number of amides is 1. The van der Waals surface area contributed by atoms with Crippen LogP contribution < -0.4 is 5.32 Å². The third-order valence-corrected chi connectivity index (χ3v) is 5.28. The van der Waals surface area contributed by atoms with E-state index in [9.17, 15) is 9.59 Å². The molecule has 3 rings (SSSR count). The Hall–Kier alpha value is -1.73. The summed E-state index contributed by atoms with van der Waals surface area (Å²) >= 11 is 5.81. The van der Waals surface area contributed by atoms with Gasteiger partial charge in [-0.3, -0.25) is 14.5 Å². The van der Waals surface area contributed by atoms with Gasteiger partial charge in [0.2, 0.25) is 5.91 Å². The summed E-state index contributed by atoms with van der Waals surface area (Å²) in [7, 11) is 0. The lowest BCUT2D eigenvalue weighted by Gasteiger charge is -2.45. The number of anilines is 1. The molecule has 0 radical (unpaired) electrons. The molecule has 2 aliphatic rings. The summed E-state index contributed by atoms with van der Waals surface area (Å²) in [5.74, 6) is 0.161. The standard InChI is InChI=1S/C19H27ClN4O3/c1-19(2,3)27-18(26)12-5-4-6-24(10-12)14-7-13(8-14)17(25)23-16-9-15(20)21-11-22-16/h9,11-14H,4-8,10H2,1-3H3,(H,21,22,23,25)/t12-,13?,14?/m1/s1. The Balaban J connectivity index is 1.47. The molecule has 7 nitrogen and oxygen atoms in total. The number of esters is 1. The summed E-state index contributed by atoms with van der Waals surface area (Å²) in [5, 5.41) is 3.09. The molecule has 0 unspecified atom stereocenters. The van der Waals surface area contributed by atoms with Crippen LogP contribution in [-0.4, -0.2) is 51.5 Å². The second kappa shape index (κ2) is 8.10. The van der Waals surface area contributed by atoms with E-state index in [1.807, 2.05) is 20.8 Å². The van der Waals surface area contributed by atoms with Crippen molar-refractivity contribution in [2.75, 3.05) is 18.4 Å². The summed E-state index contributed by atoms with van der Waals surface area (Å²) in [6.07, 6.45) is 4.77. The Morgan fingerprint density at radius 1 is 1.26 bits per heavy atom. The monoisotopic (exact) mass is 394 g/mol. The fourth-order valence-electron chi connectivity index (χ4n) is 3.65. The highest BCUT2D eigenvalue weighted by Crippen LogP contribution is 2.35. The molecule has 0 aromatic carbocycles. The lowest BCUT2D eigenvalue weighted by atomic mass is 9.77. The van der Waals surface area contributed by atoms with Crippen LogP contribution in [0.25, 0.3) is 0 Å². The van der Waals surface area contributed by atoms with E-state index in [2.05, 4.69) is 20.2 Å². The minimum atomic E-state index is -0.455. The summed E-state index contributed by atoms with van der Waals surface area (Å²) in [6, 6.07) is 1.88. The molecule has 8 heteroatoms. The topological polar surface area (TPSA) is 84.4 Å². The van der Waals surface area contributed by atoms with Gasteiger partial charge in [-0.1, -0.05) is 11.6 Å². The van der Waals surface area contributed by atoms with Crippen LogP contribution in [0.15, 0.2) is 12.4 Å². The minimum Gasteiger partial charge on any atom is -0.460 e. The second-order valence-corrected chi connectivity index (χ2v) is 8.79. The number of rotatable bonds is 4. The van der Waals surface area contributed by atoms with E-state index < -0.39 is 5.60 Å². The number of carbonyl (C=O) groups excluding carboxylic acids is 2. The third kappa shape index (κ3) is 5.39. The highest BCUT2D eigenvalue weighted by atomic mass is 35.5. The van der Waals surface area contributed by atoms with Gasteiger partial charge in [0.15, 0.2) is 0 Å². The predicted octanol–water partition coefficient (Wildman–Crippen LogP) is 2.90. The van der Waals surface area contributed by atoms with Crippen LogP contribution in [0.5, 0.6) is 0 Å². The first kappa shape index (κ1) is 20.0. The summed E-state index contributed by atoms with van der Waals surface area (Å²) in [6.45, 7) is 7.37. The molecule has 1 aliphatic heterocycles. The van der Waals surface area contributed by atoms with Gasteiger partial charge < -0.3 is 10.1 Å². The normalized spacial score (nSPS) is 26.1. The Labute approximate surface area is 164 Å². The molecule has 1 N–H and O–H groups in total. The number of aromatic nitrogens is 2. The number of hydrogen-bond donors (Lipinski definition) is 1. The average Bonchev–Trinajstić information content (AvgIpc) is 2.52. The van der Waals surface area contributed by atoms with Gasteiger partial charge in [0.25, 0.3) is 0 Å². The zero-order valence-corrected chi connectivity index (χ0v) is 16.8. The maximum atomic E-state index is 12.4. The van der Waals surface area contributed by atoms with Gasteiger partial charge in [0.05, 0.1) is 5.92 Å². The molecule has 1 amide bonds. The number of hydrogen-bond acceptors (Lipinski definition) is 6. The van der Waals surface area contributed by atoms with Gasteiger partial charge >= 0.3 is 5.97 Å². The van der Waals surface area contributed by atoms with Gasteiger partial charge in [-0.15, -0.1) is 0 Å². The molecule has 1 aromatic rings. The van der Waals surface area contributed by atoms with E-state index in [0.29, 0.717) is 17.0 Å². The molecule has 27 heavy (non-hydrogen) atoms. The highest BCUT2D eigenvalue weighted by molar-refractivity contribution is 6.29. The SMILES string of the molecule is CC(C)(C)OC(=O)[C@@H]1CCCN(C2CC(C(=O)Nc3cc(Cl)ncn3)C2)C1. The van der Waals surface area contributed by atoms with Crippen LogP contribution in [0.1, 0.15) is 46.5 Å². The lowest BCUT2D eigenvalue weighted by molar-refractivity contribution is -0.162. The number of nitrogens with zero attached hydrogens (tertiary/aromatic N) is 3. The quantitative estimate of drug-likeness (QED) is 0.624. The largest absolute Gasteiger partial charge is 0.460 e. The molecule has 1 aromatic heterocycles. The summed E-state index contributed by atoms with van der Waals surface area (Å²) in [5.41, 5.74) is -0.455. The Morgan fingerprint density at radius 2 is 2.00 bits per heavy atom. The van der Waals surface area contributed by atoms with Crippen LogP contribution >= 0.6 is 11.6 Å². The summed E-state index contributed by atoms with van der Waals surface area (Å²) in [4.78, 5) is 34.8. The smallest absolute Gasteiger partial charge is 0.310 e. The molecule has 0 bridgehead atoms. The molecule has 2 heterocycles. The zero-order chi connectivity index (χ0) is 19.6. The fraction of sp³-hybridized carbons (Fsp3) is 0.684. The van der Waals surface area contributed by atoms with Crippen molar-refractivity contribution >= 4 is 29.3 Å². The number of ether oxygens (including phenoxy) is 1. The van der Waals surface area contributed by atoms with Gasteiger partial charge in [0, 0.05) is 24.6 Å². The molecule has 1 aliphatic carbocycles. The highest BCUT2D eigenvalue weighted by Gasteiger charge is 2.41. The molecule has 1 atom stereocenters. The van der Waals surface area contributed by atoms with Crippen LogP contribution in [-0.2, 0) is 14.3 Å². The van der Waals surface area contributed by atoms with E-state index in [-0.39, 0.29) is 23.7 Å². The minimum absolute atomic E-state index is 0.0364. The zero-order valence-electron chi connectivity index (χ0n) is 16.1.